The molecule has 0 saturated carbocycles. The molecule has 0 saturated heterocycles. The molecule has 0 unspecified atom stereocenters. The number of anilines is 3. The molecule has 0 amide bonds. The van der Waals surface area contributed by atoms with E-state index in [0.29, 0.717) is 0 Å². The van der Waals surface area contributed by atoms with Gasteiger partial charge >= 0.3 is 0 Å². The first-order valence-corrected chi connectivity index (χ1v) is 55.4. The molecule has 0 bridgehead atoms. The molecule has 16 aromatic carbocycles. The number of hydrogen-bond acceptors (Lipinski definition) is 3. The van der Waals surface area contributed by atoms with Crippen molar-refractivity contribution in [2.45, 2.75) is 289 Å². The number of nitrogens with zero attached hydrogens (tertiary/aromatic N) is 1. The highest BCUT2D eigenvalue weighted by atomic mass is 16.3. The van der Waals surface area contributed by atoms with E-state index in [1.165, 1.54) is 343 Å². The molecule has 720 valence electrons. The van der Waals surface area contributed by atoms with Gasteiger partial charge in [0.2, 0.25) is 0 Å². The van der Waals surface area contributed by atoms with Gasteiger partial charge in [-0.1, -0.05) is 413 Å². The van der Waals surface area contributed by atoms with Crippen molar-refractivity contribution in [3.05, 3.63) is 375 Å². The van der Waals surface area contributed by atoms with E-state index >= 15 is 0 Å². The van der Waals surface area contributed by atoms with Crippen LogP contribution < -0.4 is 4.90 Å². The minimum atomic E-state index is -0.410. The Morgan fingerprint density at radius 3 is 0.889 bits per heavy atom. The second-order valence-corrected chi connectivity index (χ2v) is 47.0. The van der Waals surface area contributed by atoms with Crippen LogP contribution in [0.15, 0.2) is 306 Å². The van der Waals surface area contributed by atoms with Gasteiger partial charge in [-0.2, -0.15) is 0 Å². The van der Waals surface area contributed by atoms with Crippen LogP contribution in [0, 0.1) is 0 Å². The molecule has 0 fully saturated rings. The largest absolute Gasteiger partial charge is 0.455 e. The van der Waals surface area contributed by atoms with E-state index in [2.05, 4.69) is 399 Å². The van der Waals surface area contributed by atoms with Gasteiger partial charge in [-0.05, 0) is 324 Å². The van der Waals surface area contributed by atoms with E-state index in [0.717, 1.165) is 50.2 Å². The SMILES string of the molecule is CCCCCCCC1(CCCCCCC)c2ccccc2-c2ccc(-c3ccc4c(c3)C(C)(C)c3cc(-c5cc6c(c7oc8ccccc8c57)-c5ccc(N(c7ccccc7)c7ccc8c(c7)C(C)(C)c7cc9c(cc7-8)C(C)(C)c7cc(-c8ccc%10c(c8)C(C)(C)c8cc(-c%11ccc%12c(c%11)C(CCCCCCC)(CCCCCCC)c%11ccccc%11-%12)ccc8-%10)c8c(oc%10ccccc%108)c7-9)cc5C6(C)C)ccc3-4)cc21. The second kappa shape index (κ2) is 35.1. The molecule has 2 heterocycles. The molecule has 0 atom stereocenters. The molecule has 7 aliphatic carbocycles. The van der Waals surface area contributed by atoms with Crippen LogP contribution in [0.1, 0.15) is 329 Å². The summed E-state index contributed by atoms with van der Waals surface area (Å²) in [5.74, 6) is 0. The van der Waals surface area contributed by atoms with Gasteiger partial charge < -0.3 is 13.7 Å². The summed E-state index contributed by atoms with van der Waals surface area (Å²) in [6.45, 7) is 34.0. The van der Waals surface area contributed by atoms with Crippen LogP contribution in [0.3, 0.4) is 0 Å². The molecule has 0 N–H and O–H groups in total. The van der Waals surface area contributed by atoms with Crippen molar-refractivity contribution in [1.29, 1.82) is 0 Å². The quantitative estimate of drug-likeness (QED) is 0.0406. The fourth-order valence-electron chi connectivity index (χ4n) is 29.0. The second-order valence-electron chi connectivity index (χ2n) is 47.0. The van der Waals surface area contributed by atoms with Crippen molar-refractivity contribution >= 4 is 60.9 Å². The Morgan fingerprint density at radius 1 is 0.194 bits per heavy atom. The van der Waals surface area contributed by atoms with Gasteiger partial charge in [0.05, 0.1) is 0 Å². The van der Waals surface area contributed by atoms with Crippen LogP contribution in [0.25, 0.3) is 166 Å². The summed E-state index contributed by atoms with van der Waals surface area (Å²) in [6.07, 6.45) is 30.8. The summed E-state index contributed by atoms with van der Waals surface area (Å²) < 4.78 is 14.8. The van der Waals surface area contributed by atoms with Gasteiger partial charge in [-0.25, -0.2) is 0 Å². The Balaban J connectivity index is 0.526. The third-order valence-electron chi connectivity index (χ3n) is 36.9. The van der Waals surface area contributed by atoms with Gasteiger partial charge in [0.15, 0.2) is 0 Å². The number of fused-ring (bicyclic) bond motifs is 29. The van der Waals surface area contributed by atoms with Crippen LogP contribution in [-0.4, -0.2) is 0 Å². The first-order chi connectivity index (χ1) is 70.0. The Morgan fingerprint density at radius 2 is 0.472 bits per heavy atom. The van der Waals surface area contributed by atoms with Crippen LogP contribution in [-0.2, 0) is 37.9 Å². The van der Waals surface area contributed by atoms with Crippen molar-refractivity contribution in [1.82, 2.24) is 0 Å². The van der Waals surface area contributed by atoms with Gasteiger partial charge in [0.1, 0.15) is 22.3 Å². The van der Waals surface area contributed by atoms with Crippen LogP contribution in [0.5, 0.6) is 0 Å². The van der Waals surface area contributed by atoms with Crippen LogP contribution >= 0.6 is 0 Å². The van der Waals surface area contributed by atoms with E-state index in [9.17, 15) is 0 Å². The zero-order valence-corrected chi connectivity index (χ0v) is 87.5. The molecule has 2 aromatic heterocycles. The Kier molecular flexibility index (Phi) is 22.5. The van der Waals surface area contributed by atoms with E-state index in [1.54, 1.807) is 22.3 Å². The van der Waals surface area contributed by atoms with Crippen LogP contribution in [0.4, 0.5) is 17.1 Å². The fourth-order valence-corrected chi connectivity index (χ4v) is 29.0. The zero-order valence-electron chi connectivity index (χ0n) is 87.5. The molecule has 0 aliphatic heterocycles. The average Bonchev–Trinajstić information content (AvgIpc) is 1.53. The standard InChI is InChI=1S/C141H139NO2/c1-15-19-23-27-42-72-140(73-43-28-24-20-16-2)113-52-38-34-48-97(113)103-66-58-90(78-123(103)140)88-56-64-99-101-68-60-92(80-117(101)135(5,6)115(99)76-88)109-84-125-131(133-129(109)107-50-36-40-54-127(107)143-133)106-71-63-96(83-120(106)138(125,11)12)142(94-46-32-31-33-47-94)95-62-70-105-111-86-122-112(87-121(111)137(9,10)119(105)82-95)132-126(139(122,13)14)85-110(130-108-51-37-41-55-128(108)144-134(130)132)93-61-69-102-100-65-57-89(77-116(100)136(7,8)118(102)81-93)91-59-67-104-98-49-35-39-53-114(98)141(124(104)79-91,74-44-29-25-21-17-3)75-45-30-26-22-18-4/h31-41,46-71,76-87H,15-30,42-45,72-75H2,1-14H3. The minimum absolute atomic E-state index is 0.0226. The van der Waals surface area contributed by atoms with E-state index in [4.69, 9.17) is 8.83 Å². The maximum absolute atomic E-state index is 7.42. The topological polar surface area (TPSA) is 29.5 Å². The lowest BCUT2D eigenvalue weighted by Crippen LogP contribution is -2.25. The molecule has 144 heavy (non-hydrogen) atoms. The summed E-state index contributed by atoms with van der Waals surface area (Å²) in [5, 5.41) is 4.66. The van der Waals surface area contributed by atoms with Crippen molar-refractivity contribution in [2.24, 2.45) is 0 Å². The maximum atomic E-state index is 7.42. The number of furan rings is 2. The molecule has 0 radical (unpaired) electrons. The number of hydrogen-bond donors (Lipinski definition) is 0. The highest BCUT2D eigenvalue weighted by Gasteiger charge is 2.50. The lowest BCUT2D eigenvalue weighted by Gasteiger charge is -2.33. The maximum Gasteiger partial charge on any atom is 0.144 e. The van der Waals surface area contributed by atoms with Crippen molar-refractivity contribution in [2.75, 3.05) is 4.90 Å². The summed E-state index contributed by atoms with van der Waals surface area (Å²) in [6, 6.07) is 117. The molecule has 0 spiro atoms. The molecule has 18 aromatic rings. The number of unbranched alkanes of at least 4 members (excludes halogenated alkanes) is 16. The van der Waals surface area contributed by atoms with E-state index < -0.39 is 5.41 Å². The van der Waals surface area contributed by atoms with Crippen molar-refractivity contribution in [3.8, 4) is 122 Å². The van der Waals surface area contributed by atoms with Gasteiger partial charge in [0.25, 0.3) is 0 Å². The van der Waals surface area contributed by atoms with E-state index in [-0.39, 0.29) is 32.5 Å². The fraction of sp³-hybridized carbons (Fsp3) is 0.319. The lowest BCUT2D eigenvalue weighted by molar-refractivity contribution is 0.399. The summed E-state index contributed by atoms with van der Waals surface area (Å²) in [5.41, 5.74) is 54.0. The number of benzene rings is 16. The minimum Gasteiger partial charge on any atom is -0.455 e. The summed E-state index contributed by atoms with van der Waals surface area (Å²) in [4.78, 5) is 2.51. The molecule has 3 nitrogen and oxygen atoms in total. The highest BCUT2D eigenvalue weighted by molar-refractivity contribution is 6.20. The van der Waals surface area contributed by atoms with Crippen molar-refractivity contribution < 1.29 is 8.83 Å². The lowest BCUT2D eigenvalue weighted by atomic mass is 9.70. The molecule has 7 aliphatic rings. The zero-order chi connectivity index (χ0) is 98.2. The van der Waals surface area contributed by atoms with Gasteiger partial charge in [-0.15, -0.1) is 0 Å². The smallest absolute Gasteiger partial charge is 0.144 e. The third kappa shape index (κ3) is 14.1. The molecular formula is C141H139NO2. The monoisotopic (exact) mass is 1880 g/mol. The average molecular weight is 1880 g/mol. The molecular weight excluding hydrogens is 1740 g/mol. The van der Waals surface area contributed by atoms with E-state index in [1.807, 2.05) is 0 Å². The first-order valence-electron chi connectivity index (χ1n) is 55.4. The molecule has 3 heteroatoms. The Bertz CT molecular complexity index is 8210. The predicted molar refractivity (Wildman–Crippen MR) is 611 cm³/mol. The number of para-hydroxylation sites is 3. The predicted octanol–water partition coefficient (Wildman–Crippen LogP) is 41.1. The Hall–Kier alpha value is -13.1. The first kappa shape index (κ1) is 92.1. The highest BCUT2D eigenvalue weighted by Crippen LogP contribution is 2.65. The molecule has 25 rings (SSSR count). The third-order valence-corrected chi connectivity index (χ3v) is 36.9. The van der Waals surface area contributed by atoms with Gasteiger partial charge in [-0.3, -0.25) is 0 Å². The van der Waals surface area contributed by atoms with Gasteiger partial charge in [0, 0.05) is 87.6 Å². The van der Waals surface area contributed by atoms with Crippen molar-refractivity contribution in [3.63, 3.8) is 0 Å². The van der Waals surface area contributed by atoms with Crippen LogP contribution in [0.2, 0.25) is 0 Å². The Labute approximate surface area is 855 Å². The summed E-state index contributed by atoms with van der Waals surface area (Å²) >= 11 is 0. The normalized spacial score (nSPS) is 15.8. The number of rotatable bonds is 31. The summed E-state index contributed by atoms with van der Waals surface area (Å²) in [7, 11) is 0.